The molecular weight excluding hydrogens is 280 g/mol. The molecule has 1 saturated heterocycles. The fourth-order valence-electron chi connectivity index (χ4n) is 2.18. The van der Waals surface area contributed by atoms with Crippen molar-refractivity contribution >= 4 is 0 Å². The van der Waals surface area contributed by atoms with Gasteiger partial charge in [-0.3, -0.25) is 0 Å². The maximum absolute atomic E-state index is 9.93. The number of hydrogen-bond acceptors (Lipinski definition) is 4. The number of rotatable bonds is 9. The average molecular weight is 306 g/mol. The maximum Gasteiger partial charge on any atom is 0.144 e. The van der Waals surface area contributed by atoms with Gasteiger partial charge in [0.05, 0.1) is 6.10 Å². The monoisotopic (exact) mass is 306 g/mol. The van der Waals surface area contributed by atoms with Gasteiger partial charge in [0.15, 0.2) is 0 Å². The number of aliphatic hydroxyl groups excluding tert-OH is 3. The summed E-state index contributed by atoms with van der Waals surface area (Å²) in [5.41, 5.74) is 0. The van der Waals surface area contributed by atoms with Crippen molar-refractivity contribution in [3.05, 3.63) is 12.7 Å². The fourth-order valence-corrected chi connectivity index (χ4v) is 2.18. The molecule has 5 atom stereocenters. The Morgan fingerprint density at radius 1 is 1.09 bits per heavy atom. The first-order chi connectivity index (χ1) is 10.6. The highest BCUT2D eigenvalue weighted by Crippen LogP contribution is 2.31. The van der Waals surface area contributed by atoms with E-state index in [0.717, 1.165) is 12.8 Å². The van der Waals surface area contributed by atoms with Gasteiger partial charge in [-0.1, -0.05) is 63.5 Å². The molecule has 1 heterocycles. The highest BCUT2D eigenvalue weighted by Gasteiger charge is 2.45. The Balaban J connectivity index is 2.25. The lowest BCUT2D eigenvalue weighted by molar-refractivity contribution is 0.0344. The summed E-state index contributed by atoms with van der Waals surface area (Å²) >= 11 is 0. The second kappa shape index (κ2) is 10.4. The van der Waals surface area contributed by atoms with Gasteiger partial charge in [-0.15, -0.1) is 0 Å². The van der Waals surface area contributed by atoms with Crippen LogP contribution in [0.5, 0.6) is 0 Å². The van der Waals surface area contributed by atoms with Gasteiger partial charge in [-0.25, -0.2) is 0 Å². The predicted octanol–water partition coefficient (Wildman–Crippen LogP) is 1.39. The minimum absolute atomic E-state index is 0.0294. The zero-order valence-corrected chi connectivity index (χ0v) is 13.2. The van der Waals surface area contributed by atoms with E-state index in [-0.39, 0.29) is 12.2 Å². The molecule has 4 nitrogen and oxygen atoms in total. The highest BCUT2D eigenvalue weighted by molar-refractivity contribution is 5.30. The lowest BCUT2D eigenvalue weighted by atomic mass is 10.0. The van der Waals surface area contributed by atoms with Crippen LogP contribution < -0.4 is 0 Å². The third-order valence-electron chi connectivity index (χ3n) is 3.60. The summed E-state index contributed by atoms with van der Waals surface area (Å²) in [6.45, 7) is 5.56. The minimum Gasteiger partial charge on any atom is -0.387 e. The molecule has 0 aliphatic carbocycles. The largest absolute Gasteiger partial charge is 0.387 e. The molecule has 5 unspecified atom stereocenters. The summed E-state index contributed by atoms with van der Waals surface area (Å²) in [5, 5.41) is 28.8. The number of unbranched alkanes of at least 4 members (excludes halogenated alkanes) is 4. The smallest absolute Gasteiger partial charge is 0.144 e. The van der Waals surface area contributed by atoms with Gasteiger partial charge >= 0.3 is 0 Å². The Hall–Kier alpha value is -1.30. The molecule has 0 saturated carbocycles. The van der Waals surface area contributed by atoms with Gasteiger partial charge in [0.25, 0.3) is 0 Å². The first-order valence-corrected chi connectivity index (χ1v) is 7.93. The summed E-state index contributed by atoms with van der Waals surface area (Å²) in [7, 11) is 0. The molecule has 0 radical (unpaired) electrons. The lowest BCUT2D eigenvalue weighted by Gasteiger charge is -2.09. The molecule has 22 heavy (non-hydrogen) atoms. The zero-order chi connectivity index (χ0) is 16.4. The average Bonchev–Trinajstić information content (AvgIpc) is 3.29. The molecule has 4 heteroatoms. The van der Waals surface area contributed by atoms with Crippen molar-refractivity contribution in [1.29, 1.82) is 0 Å². The Bertz CT molecular complexity index is 451. The number of hydrogen-bond donors (Lipinski definition) is 3. The summed E-state index contributed by atoms with van der Waals surface area (Å²) in [5.74, 6) is 9.67. The van der Waals surface area contributed by atoms with Crippen LogP contribution in [0.1, 0.15) is 45.4 Å². The molecule has 0 bridgehead atoms. The molecule has 0 aromatic heterocycles. The summed E-state index contributed by atoms with van der Waals surface area (Å²) in [6.07, 6.45) is 4.74. The second-order valence-electron chi connectivity index (χ2n) is 5.50. The Kier molecular flexibility index (Phi) is 8.89. The Morgan fingerprint density at radius 2 is 1.77 bits per heavy atom. The van der Waals surface area contributed by atoms with Gasteiger partial charge in [0, 0.05) is 0 Å². The third-order valence-corrected chi connectivity index (χ3v) is 3.60. The quantitative estimate of drug-likeness (QED) is 0.260. The van der Waals surface area contributed by atoms with Crippen LogP contribution in [0.25, 0.3) is 0 Å². The van der Waals surface area contributed by atoms with Crippen LogP contribution in [0.3, 0.4) is 0 Å². The number of aliphatic hydroxyl groups is 3. The van der Waals surface area contributed by atoms with Crippen molar-refractivity contribution in [3.8, 4) is 23.7 Å². The molecule has 1 fully saturated rings. The first-order valence-electron chi connectivity index (χ1n) is 7.93. The van der Waals surface area contributed by atoms with Gasteiger partial charge in [-0.05, 0) is 18.3 Å². The predicted molar refractivity (Wildman–Crippen MR) is 85.8 cm³/mol. The van der Waals surface area contributed by atoms with E-state index in [0.29, 0.717) is 0 Å². The maximum atomic E-state index is 9.93. The van der Waals surface area contributed by atoms with E-state index in [1.54, 1.807) is 0 Å². The standard InChI is InChI=1S/C18H26O4/c1-3-5-6-7-8-13-16-18(22-16)17(21)15(20)12-10-9-11-14(19)4-2/h4,14-21H,2-3,5-8,13H2,1H3. The van der Waals surface area contributed by atoms with Gasteiger partial charge in [-0.2, -0.15) is 0 Å². The molecule has 0 aromatic rings. The van der Waals surface area contributed by atoms with Crippen molar-refractivity contribution < 1.29 is 20.1 Å². The molecule has 0 aromatic carbocycles. The third kappa shape index (κ3) is 7.11. The molecule has 3 N–H and O–H groups in total. The van der Waals surface area contributed by atoms with Crippen LogP contribution in [-0.2, 0) is 4.74 Å². The summed E-state index contributed by atoms with van der Waals surface area (Å²) in [6, 6.07) is 0. The number of ether oxygens (including phenoxy) is 1. The molecule has 0 spiro atoms. The fraction of sp³-hybridized carbons (Fsp3) is 0.667. The van der Waals surface area contributed by atoms with Crippen molar-refractivity contribution in [2.75, 3.05) is 0 Å². The van der Waals surface area contributed by atoms with Gasteiger partial charge < -0.3 is 20.1 Å². The Labute approximate surface area is 133 Å². The van der Waals surface area contributed by atoms with E-state index in [9.17, 15) is 10.2 Å². The summed E-state index contributed by atoms with van der Waals surface area (Å²) in [4.78, 5) is 0. The topological polar surface area (TPSA) is 73.2 Å². The van der Waals surface area contributed by atoms with Gasteiger partial charge in [0.1, 0.15) is 24.4 Å². The molecule has 0 amide bonds. The first kappa shape index (κ1) is 18.7. The van der Waals surface area contributed by atoms with Gasteiger partial charge in [0.2, 0.25) is 0 Å². The van der Waals surface area contributed by atoms with Crippen LogP contribution in [0.15, 0.2) is 12.7 Å². The van der Waals surface area contributed by atoms with Crippen molar-refractivity contribution in [3.63, 3.8) is 0 Å². The van der Waals surface area contributed by atoms with Crippen LogP contribution in [0, 0.1) is 23.7 Å². The molecule has 122 valence electrons. The van der Waals surface area contributed by atoms with Crippen molar-refractivity contribution in [2.45, 2.75) is 76.0 Å². The second-order valence-corrected chi connectivity index (χ2v) is 5.50. The van der Waals surface area contributed by atoms with Crippen molar-refractivity contribution in [2.24, 2.45) is 0 Å². The summed E-state index contributed by atoms with van der Waals surface area (Å²) < 4.78 is 5.40. The minimum atomic E-state index is -1.19. The van der Waals surface area contributed by atoms with E-state index >= 15 is 0 Å². The molecule has 1 aliphatic rings. The van der Waals surface area contributed by atoms with Crippen LogP contribution in [0.4, 0.5) is 0 Å². The van der Waals surface area contributed by atoms with E-state index in [1.807, 2.05) is 0 Å². The van der Waals surface area contributed by atoms with Crippen LogP contribution in [0.2, 0.25) is 0 Å². The highest BCUT2D eigenvalue weighted by atomic mass is 16.6. The Morgan fingerprint density at radius 3 is 2.45 bits per heavy atom. The normalized spacial score (nSPS) is 23.3. The zero-order valence-electron chi connectivity index (χ0n) is 13.2. The van der Waals surface area contributed by atoms with Crippen LogP contribution in [-0.4, -0.2) is 45.8 Å². The SMILES string of the molecule is C=CC(O)C#CC#CC(O)C(O)C1OC1CCCCCCC. The van der Waals surface area contributed by atoms with Crippen LogP contribution >= 0.6 is 0 Å². The van der Waals surface area contributed by atoms with E-state index in [1.165, 1.54) is 31.8 Å². The van der Waals surface area contributed by atoms with Crippen molar-refractivity contribution in [1.82, 2.24) is 0 Å². The van der Waals surface area contributed by atoms with E-state index < -0.39 is 18.3 Å². The van der Waals surface area contributed by atoms with E-state index in [4.69, 9.17) is 9.84 Å². The van der Waals surface area contributed by atoms with E-state index in [2.05, 4.69) is 37.2 Å². The molecule has 1 rings (SSSR count). The molecular formula is C18H26O4. The lowest BCUT2D eigenvalue weighted by Crippen LogP contribution is -2.30. The number of epoxide rings is 1. The molecule has 1 aliphatic heterocycles.